The van der Waals surface area contributed by atoms with Gasteiger partial charge >= 0.3 is 0 Å². The van der Waals surface area contributed by atoms with Crippen LogP contribution in [0, 0.1) is 0 Å². The first-order valence-corrected chi connectivity index (χ1v) is 10.4. The van der Waals surface area contributed by atoms with Gasteiger partial charge in [-0.25, -0.2) is 0 Å². The Kier molecular flexibility index (Phi) is 5.14. The number of amides is 2. The fraction of sp³-hybridized carbons (Fsp3) is 0.350. The molecule has 3 aromatic rings. The first-order chi connectivity index (χ1) is 14.0. The van der Waals surface area contributed by atoms with Crippen molar-refractivity contribution in [2.45, 2.75) is 45.1 Å². The number of thiophene rings is 1. The van der Waals surface area contributed by atoms with E-state index in [2.05, 4.69) is 15.6 Å². The van der Waals surface area contributed by atoms with Gasteiger partial charge in [0.05, 0.1) is 10.9 Å². The van der Waals surface area contributed by atoms with Crippen molar-refractivity contribution in [3.8, 4) is 0 Å². The summed E-state index contributed by atoms with van der Waals surface area (Å²) in [6, 6.07) is 6.02. The lowest BCUT2D eigenvalue weighted by atomic mass is 9.95. The van der Waals surface area contributed by atoms with Crippen LogP contribution < -0.4 is 16.6 Å². The summed E-state index contributed by atoms with van der Waals surface area (Å²) in [5, 5.41) is 11.7. The number of rotatable bonds is 5. The zero-order chi connectivity index (χ0) is 20.5. The van der Waals surface area contributed by atoms with Gasteiger partial charge in [-0.1, -0.05) is 24.3 Å². The Morgan fingerprint density at radius 2 is 2.03 bits per heavy atom. The summed E-state index contributed by atoms with van der Waals surface area (Å²) in [7, 11) is 0. The Balaban J connectivity index is 1.69. The maximum Gasteiger partial charge on any atom is 0.278 e. The van der Waals surface area contributed by atoms with Gasteiger partial charge in [-0.3, -0.25) is 14.4 Å². The molecule has 8 nitrogen and oxygen atoms in total. The van der Waals surface area contributed by atoms with Crippen LogP contribution in [-0.4, -0.2) is 26.8 Å². The molecule has 150 valence electrons. The summed E-state index contributed by atoms with van der Waals surface area (Å²) in [5.74, 6) is -0.962. The molecule has 1 aliphatic carbocycles. The summed E-state index contributed by atoms with van der Waals surface area (Å²) in [6.45, 7) is 1.79. The Labute approximate surface area is 170 Å². The van der Waals surface area contributed by atoms with Gasteiger partial charge in [-0.2, -0.15) is 4.68 Å². The number of carbonyl (C=O) groups is 2. The second-order valence-electron chi connectivity index (χ2n) is 7.05. The molecule has 4 rings (SSSR count). The van der Waals surface area contributed by atoms with E-state index in [4.69, 9.17) is 5.73 Å². The van der Waals surface area contributed by atoms with Crippen LogP contribution in [-0.2, 0) is 17.6 Å². The molecule has 0 aliphatic heterocycles. The molecule has 1 aliphatic rings. The average Bonchev–Trinajstić information content (AvgIpc) is 3.08. The molecule has 1 aromatic carbocycles. The summed E-state index contributed by atoms with van der Waals surface area (Å²) in [4.78, 5) is 39.0. The highest BCUT2D eigenvalue weighted by Crippen LogP contribution is 2.38. The number of hydrogen-bond acceptors (Lipinski definition) is 6. The molecule has 2 amide bonds. The predicted octanol–water partition coefficient (Wildman–Crippen LogP) is 2.42. The minimum absolute atomic E-state index is 0.343. The average molecular weight is 411 g/mol. The molecule has 0 radical (unpaired) electrons. The van der Waals surface area contributed by atoms with Crippen LogP contribution in [0.25, 0.3) is 10.9 Å². The highest BCUT2D eigenvalue weighted by Gasteiger charge is 2.28. The maximum atomic E-state index is 13.0. The summed E-state index contributed by atoms with van der Waals surface area (Å²) >= 11 is 1.39. The molecule has 2 aromatic heterocycles. The van der Waals surface area contributed by atoms with Gasteiger partial charge in [0.1, 0.15) is 16.6 Å². The van der Waals surface area contributed by atoms with E-state index >= 15 is 0 Å². The minimum atomic E-state index is -0.848. The summed E-state index contributed by atoms with van der Waals surface area (Å²) < 4.78 is 1.11. The number of nitrogens with one attached hydrogen (secondary N) is 1. The van der Waals surface area contributed by atoms with E-state index in [0.717, 1.165) is 40.8 Å². The number of aromatic nitrogens is 3. The van der Waals surface area contributed by atoms with Crippen LogP contribution in [0.15, 0.2) is 29.1 Å². The van der Waals surface area contributed by atoms with Crippen molar-refractivity contribution in [1.82, 2.24) is 15.0 Å². The van der Waals surface area contributed by atoms with Crippen LogP contribution in [0.4, 0.5) is 5.00 Å². The third kappa shape index (κ3) is 3.42. The molecule has 1 atom stereocenters. The highest BCUT2D eigenvalue weighted by molar-refractivity contribution is 7.17. The molecule has 29 heavy (non-hydrogen) atoms. The first kappa shape index (κ1) is 19.3. The third-order valence-electron chi connectivity index (χ3n) is 5.23. The van der Waals surface area contributed by atoms with E-state index in [1.807, 2.05) is 0 Å². The predicted molar refractivity (Wildman–Crippen MR) is 111 cm³/mol. The lowest BCUT2D eigenvalue weighted by molar-refractivity contribution is -0.119. The molecule has 1 unspecified atom stereocenters. The Morgan fingerprint density at radius 1 is 1.28 bits per heavy atom. The second kappa shape index (κ2) is 7.75. The highest BCUT2D eigenvalue weighted by atomic mass is 32.1. The van der Waals surface area contributed by atoms with Crippen molar-refractivity contribution in [1.29, 1.82) is 0 Å². The molecule has 0 spiro atoms. The number of anilines is 1. The zero-order valence-electron chi connectivity index (χ0n) is 16.0. The van der Waals surface area contributed by atoms with E-state index < -0.39 is 17.9 Å². The summed E-state index contributed by atoms with van der Waals surface area (Å²) in [5.41, 5.74) is 7.04. The van der Waals surface area contributed by atoms with Crippen molar-refractivity contribution >= 4 is 39.1 Å². The van der Waals surface area contributed by atoms with Crippen LogP contribution >= 0.6 is 11.3 Å². The van der Waals surface area contributed by atoms with Gasteiger partial charge in [0.15, 0.2) is 0 Å². The first-order valence-electron chi connectivity index (χ1n) is 9.60. The van der Waals surface area contributed by atoms with Crippen LogP contribution in [0.5, 0.6) is 0 Å². The van der Waals surface area contributed by atoms with Gasteiger partial charge in [-0.05, 0) is 49.8 Å². The summed E-state index contributed by atoms with van der Waals surface area (Å²) in [6.07, 6.45) is 4.06. The molecule has 2 heterocycles. The fourth-order valence-electron chi connectivity index (χ4n) is 3.79. The van der Waals surface area contributed by atoms with Crippen molar-refractivity contribution < 1.29 is 9.59 Å². The Hall–Kier alpha value is -3.07. The smallest absolute Gasteiger partial charge is 0.278 e. The lowest BCUT2D eigenvalue weighted by Crippen LogP contribution is -2.35. The molecular formula is C20H21N5O3S. The number of nitrogens with two attached hydrogens (primary N) is 1. The number of primary amides is 1. The molecule has 9 heteroatoms. The van der Waals surface area contributed by atoms with Crippen molar-refractivity contribution in [2.24, 2.45) is 5.73 Å². The topological polar surface area (TPSA) is 120 Å². The van der Waals surface area contributed by atoms with E-state index in [0.29, 0.717) is 27.9 Å². The zero-order valence-corrected chi connectivity index (χ0v) is 16.8. The van der Waals surface area contributed by atoms with Gasteiger partial charge in [-0.15, -0.1) is 16.4 Å². The quantitative estimate of drug-likeness (QED) is 0.668. The van der Waals surface area contributed by atoms with Gasteiger partial charge in [0.2, 0.25) is 5.91 Å². The number of benzene rings is 1. The lowest BCUT2D eigenvalue weighted by Gasteiger charge is -2.16. The monoisotopic (exact) mass is 411 g/mol. The molecule has 0 saturated heterocycles. The number of fused-ring (bicyclic) bond motifs is 2. The van der Waals surface area contributed by atoms with Crippen LogP contribution in [0.3, 0.4) is 0 Å². The number of aryl methyl sites for hydroxylation is 1. The molecule has 0 fully saturated rings. The van der Waals surface area contributed by atoms with Gasteiger partial charge < -0.3 is 11.1 Å². The standard InChI is InChI=1S/C20H21N5O3S/c1-2-14(25-20(28)11-7-3-5-9-13(11)23-24-25)18(27)22-19-16(17(21)26)12-8-4-6-10-15(12)29-19/h3,5,7,9,14H,2,4,6,8,10H2,1H3,(H2,21,26)(H,22,27). The Bertz CT molecular complexity index is 1170. The van der Waals surface area contributed by atoms with E-state index in [1.165, 1.54) is 11.3 Å². The van der Waals surface area contributed by atoms with Crippen molar-refractivity contribution in [3.05, 3.63) is 50.6 Å². The fourth-order valence-corrected chi connectivity index (χ4v) is 5.08. The molecule has 0 saturated carbocycles. The van der Waals surface area contributed by atoms with E-state index in [9.17, 15) is 14.4 Å². The largest absolute Gasteiger partial charge is 0.365 e. The molecule has 0 bridgehead atoms. The van der Waals surface area contributed by atoms with Gasteiger partial charge in [0, 0.05) is 4.88 Å². The van der Waals surface area contributed by atoms with Gasteiger partial charge in [0.25, 0.3) is 11.5 Å². The third-order valence-corrected chi connectivity index (χ3v) is 6.44. The van der Waals surface area contributed by atoms with E-state index in [-0.39, 0.29) is 5.56 Å². The molecular weight excluding hydrogens is 390 g/mol. The van der Waals surface area contributed by atoms with Crippen molar-refractivity contribution in [2.75, 3.05) is 5.32 Å². The Morgan fingerprint density at radius 3 is 2.79 bits per heavy atom. The second-order valence-corrected chi connectivity index (χ2v) is 8.15. The van der Waals surface area contributed by atoms with Crippen molar-refractivity contribution in [3.63, 3.8) is 0 Å². The normalized spacial score (nSPS) is 14.4. The van der Waals surface area contributed by atoms with Crippen LogP contribution in [0.1, 0.15) is 53.0 Å². The molecule has 3 N–H and O–H groups in total. The van der Waals surface area contributed by atoms with E-state index in [1.54, 1.807) is 31.2 Å². The maximum absolute atomic E-state index is 13.0. The van der Waals surface area contributed by atoms with Crippen LogP contribution in [0.2, 0.25) is 0 Å². The number of carbonyl (C=O) groups excluding carboxylic acids is 2. The minimum Gasteiger partial charge on any atom is -0.365 e. The SMILES string of the molecule is CCC(C(=O)Nc1sc2c(c1C(N)=O)CCCC2)n1nnc2ccccc2c1=O. The number of nitrogens with zero attached hydrogens (tertiary/aromatic N) is 3. The number of hydrogen-bond donors (Lipinski definition) is 2.